The van der Waals surface area contributed by atoms with E-state index in [4.69, 9.17) is 9.26 Å². The van der Waals surface area contributed by atoms with Crippen LogP contribution in [-0.2, 0) is 23.7 Å². The highest BCUT2D eigenvalue weighted by Gasteiger charge is 2.59. The number of esters is 1. The number of carbonyl (C=O) groups excluding carboxylic acids is 4. The summed E-state index contributed by atoms with van der Waals surface area (Å²) in [6.45, 7) is 4.00. The van der Waals surface area contributed by atoms with Crippen molar-refractivity contribution in [2.75, 3.05) is 20.2 Å². The van der Waals surface area contributed by atoms with Crippen molar-refractivity contribution >= 4 is 52.6 Å². The molecule has 2 saturated carbocycles. The van der Waals surface area contributed by atoms with Crippen LogP contribution in [-0.4, -0.2) is 112 Å². The van der Waals surface area contributed by atoms with E-state index < -0.39 is 49.6 Å². The van der Waals surface area contributed by atoms with E-state index in [9.17, 15) is 28.1 Å². The van der Waals surface area contributed by atoms with Crippen LogP contribution in [0.2, 0.25) is 0 Å². The van der Waals surface area contributed by atoms with Gasteiger partial charge in [0, 0.05) is 53.2 Å². The van der Waals surface area contributed by atoms with E-state index in [-0.39, 0.29) is 59.3 Å². The third-order valence-corrected chi connectivity index (χ3v) is 17.8. The molecule has 4 aromatic rings. The Balaban J connectivity index is 0.952. The molecule has 17 heteroatoms. The Labute approximate surface area is 388 Å². The average molecular weight is 945 g/mol. The number of carbonyl (C=O) groups is 4. The van der Waals surface area contributed by atoms with E-state index in [1.807, 2.05) is 31.1 Å². The van der Waals surface area contributed by atoms with Gasteiger partial charge < -0.3 is 29.3 Å². The predicted molar refractivity (Wildman–Crippen MR) is 248 cm³/mol. The van der Waals surface area contributed by atoms with Crippen LogP contribution in [0.3, 0.4) is 0 Å². The number of halogens is 2. The summed E-state index contributed by atoms with van der Waals surface area (Å²) in [5, 5.41) is 6.16. The number of nitrogens with one attached hydrogen (secondary N) is 2. The van der Waals surface area contributed by atoms with Crippen molar-refractivity contribution in [1.29, 1.82) is 0 Å². The minimum atomic E-state index is -4.48. The average Bonchev–Trinajstić information content (AvgIpc) is 3.58. The molecule has 0 radical (unpaired) electrons. The molecular formula is C49H59F2N6O7PS. The summed E-state index contributed by atoms with van der Waals surface area (Å²) < 4.78 is 56.9. The van der Waals surface area contributed by atoms with Gasteiger partial charge in [0.25, 0.3) is 5.91 Å². The third kappa shape index (κ3) is 9.40. The van der Waals surface area contributed by atoms with Gasteiger partial charge in [-0.3, -0.25) is 28.7 Å². The van der Waals surface area contributed by atoms with E-state index in [1.54, 1.807) is 53.6 Å². The van der Waals surface area contributed by atoms with Crippen LogP contribution in [0.5, 0.6) is 5.75 Å². The summed E-state index contributed by atoms with van der Waals surface area (Å²) in [4.78, 5) is 67.3. The van der Waals surface area contributed by atoms with Gasteiger partial charge in [-0.15, -0.1) is 11.3 Å². The lowest BCUT2D eigenvalue weighted by Crippen LogP contribution is -2.59. The number of fused-ring (bicyclic) bond motifs is 2. The quantitative estimate of drug-likeness (QED) is 0.0878. The van der Waals surface area contributed by atoms with Gasteiger partial charge in [-0.1, -0.05) is 37.3 Å². The van der Waals surface area contributed by atoms with E-state index in [1.165, 1.54) is 30.4 Å². The first-order chi connectivity index (χ1) is 31.8. The number of thiophene rings is 1. The Morgan fingerprint density at radius 2 is 1.80 bits per heavy atom. The molecule has 5 aliphatic rings. The van der Waals surface area contributed by atoms with E-state index in [2.05, 4.69) is 26.4 Å². The predicted octanol–water partition coefficient (Wildman–Crippen LogP) is 8.46. The van der Waals surface area contributed by atoms with Crippen molar-refractivity contribution in [2.24, 2.45) is 0 Å². The molecule has 2 N–H and O–H groups in total. The number of benzene rings is 2. The summed E-state index contributed by atoms with van der Waals surface area (Å²) in [6, 6.07) is 15.5. The van der Waals surface area contributed by atoms with Crippen LogP contribution in [0.15, 0.2) is 79.1 Å². The van der Waals surface area contributed by atoms with Crippen LogP contribution >= 0.6 is 18.9 Å². The summed E-state index contributed by atoms with van der Waals surface area (Å²) in [5.41, 5.74) is 0.910. The number of alkyl halides is 2. The van der Waals surface area contributed by atoms with Gasteiger partial charge in [0.1, 0.15) is 30.0 Å². The molecule has 3 saturated heterocycles. The molecule has 2 aromatic carbocycles. The third-order valence-electron chi connectivity index (χ3n) is 14.5. The fraction of sp³-hybridized carbons (Fsp3) is 0.531. The normalized spacial score (nSPS) is 27.6. The second-order valence-corrected chi connectivity index (χ2v) is 22.2. The van der Waals surface area contributed by atoms with Crippen LogP contribution in [0.25, 0.3) is 10.1 Å². The van der Waals surface area contributed by atoms with Crippen molar-refractivity contribution < 1.29 is 41.8 Å². The number of nitrogens with zero attached hydrogens (tertiary/aromatic N) is 4. The fourth-order valence-electron chi connectivity index (χ4n) is 10.6. The number of hydrogen-bond acceptors (Lipinski definition) is 10. The number of para-hydroxylation sites is 1. The number of ether oxygens (including phenoxy) is 1. The van der Waals surface area contributed by atoms with Gasteiger partial charge in [0.15, 0.2) is 0 Å². The zero-order valence-electron chi connectivity index (χ0n) is 37.7. The number of likely N-dealkylation sites (tertiary alicyclic amines) is 1. The minimum Gasteiger partial charge on any atom is -0.465 e. The molecular weight excluding hydrogens is 886 g/mol. The maximum Gasteiger partial charge on any atom is 0.355 e. The van der Waals surface area contributed by atoms with Gasteiger partial charge in [-0.05, 0) is 138 Å². The maximum atomic E-state index is 16.7. The van der Waals surface area contributed by atoms with Crippen LogP contribution in [0.4, 0.5) is 8.78 Å². The topological polar surface area (TPSA) is 150 Å². The highest BCUT2D eigenvalue weighted by Crippen LogP contribution is 2.58. The number of rotatable bonds is 15. The molecule has 3 amide bonds. The van der Waals surface area contributed by atoms with Crippen LogP contribution in [0.1, 0.15) is 117 Å². The first-order valence-corrected chi connectivity index (χ1v) is 25.9. The first-order valence-electron chi connectivity index (χ1n) is 23.4. The summed E-state index contributed by atoms with van der Waals surface area (Å²) in [7, 11) is -2.46. The van der Waals surface area contributed by atoms with Crippen LogP contribution in [0, 0.1) is 0 Å². The van der Waals surface area contributed by atoms with Gasteiger partial charge in [-0.25, -0.2) is 13.9 Å². The summed E-state index contributed by atoms with van der Waals surface area (Å²) in [5.74, 6) is -3.38. The molecule has 352 valence electrons. The smallest absolute Gasteiger partial charge is 0.355 e. The second-order valence-electron chi connectivity index (χ2n) is 19.0. The Morgan fingerprint density at radius 1 is 1.02 bits per heavy atom. The number of pyridine rings is 1. The monoisotopic (exact) mass is 944 g/mol. The fourth-order valence-corrected chi connectivity index (χ4v) is 13.5. The molecule has 5 fully saturated rings. The van der Waals surface area contributed by atoms with Gasteiger partial charge in [0.05, 0.1) is 11.5 Å². The lowest BCUT2D eigenvalue weighted by atomic mass is 9.86. The second kappa shape index (κ2) is 19.1. The maximum absolute atomic E-state index is 16.7. The lowest BCUT2D eigenvalue weighted by Gasteiger charge is -2.45. The van der Waals surface area contributed by atoms with Crippen molar-refractivity contribution in [3.8, 4) is 5.75 Å². The molecule has 1 unspecified atom stereocenters. The molecule has 5 heterocycles. The highest BCUT2D eigenvalue weighted by molar-refractivity contribution is 7.57. The Kier molecular flexibility index (Phi) is 13.4. The Bertz CT molecular complexity index is 2470. The van der Waals surface area contributed by atoms with Crippen molar-refractivity contribution in [3.63, 3.8) is 0 Å². The molecule has 3 aliphatic heterocycles. The molecule has 9 rings (SSSR count). The zero-order chi connectivity index (χ0) is 46.3. The molecule has 2 aliphatic carbocycles. The van der Waals surface area contributed by atoms with Gasteiger partial charge in [0.2, 0.25) is 17.7 Å². The summed E-state index contributed by atoms with van der Waals surface area (Å²) >= 11 is 1.18. The van der Waals surface area contributed by atoms with E-state index in [0.29, 0.717) is 72.9 Å². The van der Waals surface area contributed by atoms with E-state index >= 15 is 4.39 Å². The molecule has 2 aromatic heterocycles. The molecule has 66 heavy (non-hydrogen) atoms. The van der Waals surface area contributed by atoms with Crippen molar-refractivity contribution in [3.05, 3.63) is 95.1 Å². The van der Waals surface area contributed by atoms with E-state index in [0.717, 1.165) is 24.8 Å². The van der Waals surface area contributed by atoms with Crippen molar-refractivity contribution in [2.45, 2.75) is 144 Å². The number of amides is 3. The standard InChI is InChI=1S/C49H59F2N6O7PS/c1-4-21-63-48(61)30(2)54-65(62,64-39-10-6-5-7-11-39)44(51)31-12-17-42-33(22-31)23-43(66-42)45(58)53-40-15-13-36(55(3)38-24-35(50)25-38)26-37-14-16-41(57(37)46(40)59)47(60)56-29-34(27-49(56)18-19-49)32-9-8-20-52-28-32/h5-12,17,20,22-23,28,30,34-38,40-41,44H,4,13-16,18-19,21,24-27,29H2,1-3H3,(H,53,58)(H,54,62)/t30-,34-,35?,36-,37+,38?,40-,41-,44+,65?/m0/s1. The molecule has 1 spiro atoms. The van der Waals surface area contributed by atoms with Crippen LogP contribution < -0.4 is 14.9 Å². The molecule has 8 atom stereocenters. The van der Waals surface area contributed by atoms with Gasteiger partial charge >= 0.3 is 13.5 Å². The van der Waals surface area contributed by atoms with Crippen molar-refractivity contribution in [1.82, 2.24) is 30.1 Å². The highest BCUT2D eigenvalue weighted by atomic mass is 32.1. The molecule has 0 bridgehead atoms. The Morgan fingerprint density at radius 3 is 2.52 bits per heavy atom. The summed E-state index contributed by atoms with van der Waals surface area (Å²) in [6.07, 6.45) is 9.83. The minimum absolute atomic E-state index is 0.0116. The Hall–Kier alpha value is -4.76. The SMILES string of the molecule is CCCOC(=O)[C@H](C)NP(=O)(Oc1ccccc1)[C@@H](F)c1ccc2sc(C(=O)N[C@H]3CC[C@H](N(C)C4CC(F)C4)C[C@H]4CC[C@@H](C(=O)N5C[C@@H](c6cccnc6)CC56CC6)N4C3=O)cc2c1. The zero-order valence-corrected chi connectivity index (χ0v) is 39.4. The number of aromatic nitrogens is 1. The largest absolute Gasteiger partial charge is 0.465 e. The number of hydrogen-bond donors (Lipinski definition) is 2. The lowest BCUT2D eigenvalue weighted by molar-refractivity contribution is -0.148. The first kappa shape index (κ1) is 46.4. The molecule has 13 nitrogen and oxygen atoms in total. The van der Waals surface area contributed by atoms with Gasteiger partial charge in [-0.2, -0.15) is 0 Å².